The van der Waals surface area contributed by atoms with E-state index in [1.54, 1.807) is 0 Å². The molecule has 1 aliphatic carbocycles. The molecule has 1 heterocycles. The molecule has 0 bridgehead atoms. The predicted molar refractivity (Wildman–Crippen MR) is 80.3 cm³/mol. The van der Waals surface area contributed by atoms with Crippen molar-refractivity contribution in [2.75, 3.05) is 26.7 Å². The van der Waals surface area contributed by atoms with Crippen LogP contribution in [-0.4, -0.2) is 48.3 Å². The van der Waals surface area contributed by atoms with E-state index in [4.69, 9.17) is 0 Å². The Kier molecular flexibility index (Phi) is 4.91. The normalized spacial score (nSPS) is 28.4. The van der Waals surface area contributed by atoms with Crippen LogP contribution in [0.3, 0.4) is 0 Å². The molecule has 2 atom stereocenters. The highest BCUT2D eigenvalue weighted by Gasteiger charge is 2.38. The molecule has 0 radical (unpaired) electrons. The van der Waals surface area contributed by atoms with Crippen molar-refractivity contribution in [2.24, 2.45) is 5.41 Å². The Morgan fingerprint density at radius 1 is 1.21 bits per heavy atom. The number of rotatable bonds is 5. The van der Waals surface area contributed by atoms with Gasteiger partial charge in [-0.15, -0.1) is 0 Å². The van der Waals surface area contributed by atoms with Gasteiger partial charge in [-0.1, -0.05) is 12.8 Å². The van der Waals surface area contributed by atoms with E-state index in [-0.39, 0.29) is 12.1 Å². The predicted octanol–water partition coefficient (Wildman–Crippen LogP) is 2.39. The van der Waals surface area contributed by atoms with Gasteiger partial charge in [0, 0.05) is 11.6 Å². The van der Waals surface area contributed by atoms with E-state index in [2.05, 4.69) is 24.1 Å². The molecule has 0 aromatic heterocycles. The van der Waals surface area contributed by atoms with Crippen molar-refractivity contribution < 1.29 is 5.11 Å². The fourth-order valence-corrected chi connectivity index (χ4v) is 4.09. The lowest BCUT2D eigenvalue weighted by Crippen LogP contribution is -2.51. The Balaban J connectivity index is 1.83. The standard InChI is InChI=1S/C16H32N2O/c1-14(12-15(2,13-19)17-3)18-10-8-16(9-11-18)6-4-5-7-16/h14,17,19H,4-13H2,1-3H3. The van der Waals surface area contributed by atoms with Crippen LogP contribution < -0.4 is 5.32 Å². The smallest absolute Gasteiger partial charge is 0.0611 e. The fraction of sp³-hybridized carbons (Fsp3) is 1.00. The first-order valence-electron chi connectivity index (χ1n) is 8.06. The zero-order valence-electron chi connectivity index (χ0n) is 13.0. The van der Waals surface area contributed by atoms with E-state index in [0.717, 1.165) is 6.42 Å². The van der Waals surface area contributed by atoms with Crippen LogP contribution in [0.5, 0.6) is 0 Å². The van der Waals surface area contributed by atoms with Crippen LogP contribution in [-0.2, 0) is 0 Å². The maximum Gasteiger partial charge on any atom is 0.0611 e. The van der Waals surface area contributed by atoms with Crippen LogP contribution in [0, 0.1) is 5.41 Å². The minimum absolute atomic E-state index is 0.137. The Morgan fingerprint density at radius 3 is 2.26 bits per heavy atom. The number of aliphatic hydroxyl groups is 1. The highest BCUT2D eigenvalue weighted by atomic mass is 16.3. The highest BCUT2D eigenvalue weighted by molar-refractivity contribution is 4.92. The van der Waals surface area contributed by atoms with Gasteiger partial charge in [0.05, 0.1) is 6.61 Å². The van der Waals surface area contributed by atoms with Crippen molar-refractivity contribution in [1.82, 2.24) is 10.2 Å². The molecule has 1 aliphatic heterocycles. The van der Waals surface area contributed by atoms with E-state index in [1.165, 1.54) is 51.6 Å². The quantitative estimate of drug-likeness (QED) is 0.803. The van der Waals surface area contributed by atoms with Crippen molar-refractivity contribution in [3.05, 3.63) is 0 Å². The number of likely N-dealkylation sites (N-methyl/N-ethyl adjacent to an activating group) is 1. The summed E-state index contributed by atoms with van der Waals surface area (Å²) in [4.78, 5) is 2.63. The summed E-state index contributed by atoms with van der Waals surface area (Å²) in [6.07, 6.45) is 9.67. The number of nitrogens with one attached hydrogen (secondary N) is 1. The van der Waals surface area contributed by atoms with Gasteiger partial charge in [0.1, 0.15) is 0 Å². The van der Waals surface area contributed by atoms with Crippen LogP contribution in [0.2, 0.25) is 0 Å². The van der Waals surface area contributed by atoms with Crippen LogP contribution >= 0.6 is 0 Å². The van der Waals surface area contributed by atoms with Gasteiger partial charge < -0.3 is 15.3 Å². The second-order valence-electron chi connectivity index (χ2n) is 7.26. The molecule has 2 unspecified atom stereocenters. The van der Waals surface area contributed by atoms with Gasteiger partial charge in [-0.3, -0.25) is 0 Å². The Morgan fingerprint density at radius 2 is 1.79 bits per heavy atom. The van der Waals surface area contributed by atoms with Gasteiger partial charge in [0.2, 0.25) is 0 Å². The van der Waals surface area contributed by atoms with E-state index in [9.17, 15) is 5.11 Å². The van der Waals surface area contributed by atoms with Crippen molar-refractivity contribution in [2.45, 2.75) is 70.4 Å². The molecule has 2 fully saturated rings. The lowest BCUT2D eigenvalue weighted by atomic mass is 9.76. The molecule has 0 amide bonds. The number of nitrogens with zero attached hydrogens (tertiary/aromatic N) is 1. The molecule has 0 aromatic carbocycles. The Labute approximate surface area is 118 Å². The van der Waals surface area contributed by atoms with Crippen molar-refractivity contribution in [1.29, 1.82) is 0 Å². The third-order valence-electron chi connectivity index (χ3n) is 5.84. The largest absolute Gasteiger partial charge is 0.394 e. The lowest BCUT2D eigenvalue weighted by molar-refractivity contribution is 0.0590. The van der Waals surface area contributed by atoms with E-state index >= 15 is 0 Å². The molecule has 1 saturated carbocycles. The Hall–Kier alpha value is -0.120. The first-order valence-corrected chi connectivity index (χ1v) is 8.06. The summed E-state index contributed by atoms with van der Waals surface area (Å²) in [5.41, 5.74) is 0.571. The lowest BCUT2D eigenvalue weighted by Gasteiger charge is -2.43. The minimum Gasteiger partial charge on any atom is -0.394 e. The van der Waals surface area contributed by atoms with Gasteiger partial charge >= 0.3 is 0 Å². The molecule has 2 N–H and O–H groups in total. The monoisotopic (exact) mass is 268 g/mol. The number of hydrogen-bond donors (Lipinski definition) is 2. The van der Waals surface area contributed by atoms with Gasteiger partial charge in [-0.2, -0.15) is 0 Å². The molecule has 1 saturated heterocycles. The molecule has 3 nitrogen and oxygen atoms in total. The van der Waals surface area contributed by atoms with Gasteiger partial charge in [0.15, 0.2) is 0 Å². The molecule has 2 rings (SSSR count). The number of aliphatic hydroxyl groups excluding tert-OH is 1. The number of piperidine rings is 1. The highest BCUT2D eigenvalue weighted by Crippen LogP contribution is 2.46. The molecule has 0 aromatic rings. The second-order valence-corrected chi connectivity index (χ2v) is 7.26. The second kappa shape index (κ2) is 6.11. The van der Waals surface area contributed by atoms with Crippen LogP contribution in [0.1, 0.15) is 58.8 Å². The maximum absolute atomic E-state index is 9.52. The summed E-state index contributed by atoms with van der Waals surface area (Å²) in [6, 6.07) is 0.559. The van der Waals surface area contributed by atoms with E-state index in [0.29, 0.717) is 11.5 Å². The minimum atomic E-state index is -0.137. The molecular weight excluding hydrogens is 236 g/mol. The van der Waals surface area contributed by atoms with Crippen LogP contribution in [0.15, 0.2) is 0 Å². The third kappa shape index (κ3) is 3.50. The van der Waals surface area contributed by atoms with Gasteiger partial charge in [0.25, 0.3) is 0 Å². The first kappa shape index (κ1) is 15.3. The average molecular weight is 268 g/mol. The Bertz CT molecular complexity index is 272. The summed E-state index contributed by atoms with van der Waals surface area (Å²) in [5, 5.41) is 12.8. The van der Waals surface area contributed by atoms with Crippen molar-refractivity contribution >= 4 is 0 Å². The zero-order chi connectivity index (χ0) is 13.9. The van der Waals surface area contributed by atoms with E-state index in [1.807, 2.05) is 7.05 Å². The van der Waals surface area contributed by atoms with Crippen LogP contribution in [0.25, 0.3) is 0 Å². The first-order chi connectivity index (χ1) is 9.02. The number of hydrogen-bond acceptors (Lipinski definition) is 3. The summed E-state index contributed by atoms with van der Waals surface area (Å²) < 4.78 is 0. The third-order valence-corrected chi connectivity index (χ3v) is 5.84. The summed E-state index contributed by atoms with van der Waals surface area (Å²) in [6.45, 7) is 7.16. The fourth-order valence-electron chi connectivity index (χ4n) is 4.09. The van der Waals surface area contributed by atoms with Crippen molar-refractivity contribution in [3.8, 4) is 0 Å². The molecule has 112 valence electrons. The number of likely N-dealkylation sites (tertiary alicyclic amines) is 1. The topological polar surface area (TPSA) is 35.5 Å². The summed E-state index contributed by atoms with van der Waals surface area (Å²) in [5.74, 6) is 0. The van der Waals surface area contributed by atoms with E-state index < -0.39 is 0 Å². The zero-order valence-corrected chi connectivity index (χ0v) is 13.0. The van der Waals surface area contributed by atoms with Gasteiger partial charge in [-0.25, -0.2) is 0 Å². The average Bonchev–Trinajstić information content (AvgIpc) is 2.87. The summed E-state index contributed by atoms with van der Waals surface area (Å²) in [7, 11) is 1.95. The molecule has 1 spiro atoms. The van der Waals surface area contributed by atoms with Gasteiger partial charge in [-0.05, 0) is 71.5 Å². The van der Waals surface area contributed by atoms with Crippen LogP contribution in [0.4, 0.5) is 0 Å². The molecule has 19 heavy (non-hydrogen) atoms. The summed E-state index contributed by atoms with van der Waals surface area (Å²) >= 11 is 0. The molecule has 2 aliphatic rings. The molecular formula is C16H32N2O. The van der Waals surface area contributed by atoms with Crippen molar-refractivity contribution in [3.63, 3.8) is 0 Å². The SMILES string of the molecule is CNC(C)(CO)CC(C)N1CCC2(CCCC2)CC1. The maximum atomic E-state index is 9.52. The molecule has 3 heteroatoms.